The molecule has 0 bridgehead atoms. The number of amides is 1. The van der Waals surface area contributed by atoms with Crippen LogP contribution in [0.3, 0.4) is 0 Å². The van der Waals surface area contributed by atoms with Gasteiger partial charge in [-0.3, -0.25) is 9.89 Å². The fraction of sp³-hybridized carbons (Fsp3) is 0.0769. The van der Waals surface area contributed by atoms with Crippen LogP contribution in [0.4, 0.5) is 5.82 Å². The maximum absolute atomic E-state index is 12.1. The van der Waals surface area contributed by atoms with E-state index in [1.807, 2.05) is 6.92 Å². The number of hydrogen-bond donors (Lipinski definition) is 2. The number of pyridine rings is 1. The molecule has 0 spiro atoms. The Morgan fingerprint density at radius 3 is 2.95 bits per heavy atom. The molecule has 0 fully saturated rings. The molecule has 7 nitrogen and oxygen atoms in total. The summed E-state index contributed by atoms with van der Waals surface area (Å²) >= 11 is 0. The first-order valence-electron chi connectivity index (χ1n) is 6.03. The number of hydrogen-bond acceptors (Lipinski definition) is 4. The number of nitrogens with one attached hydrogen (secondary N) is 2. The number of nitrogens with zero attached hydrogens (tertiary/aromatic N) is 4. The molecule has 0 radical (unpaired) electrons. The van der Waals surface area contributed by atoms with Crippen molar-refractivity contribution in [3.05, 3.63) is 54.1 Å². The molecular weight excluding hydrogens is 256 g/mol. The summed E-state index contributed by atoms with van der Waals surface area (Å²) in [6.45, 7) is 1.86. The molecule has 20 heavy (non-hydrogen) atoms. The van der Waals surface area contributed by atoms with Crippen molar-refractivity contribution in [3.63, 3.8) is 0 Å². The number of H-pyrrole nitrogens is 1. The lowest BCUT2D eigenvalue weighted by molar-refractivity contribution is 0.102. The zero-order chi connectivity index (χ0) is 13.9. The lowest BCUT2D eigenvalue weighted by Gasteiger charge is -2.04. The van der Waals surface area contributed by atoms with Crippen molar-refractivity contribution in [3.8, 4) is 5.82 Å². The molecule has 2 N–H and O–H groups in total. The van der Waals surface area contributed by atoms with Gasteiger partial charge in [0.2, 0.25) is 0 Å². The highest BCUT2D eigenvalue weighted by Crippen LogP contribution is 2.08. The van der Waals surface area contributed by atoms with Crippen LogP contribution in [-0.4, -0.2) is 30.9 Å². The topological polar surface area (TPSA) is 88.5 Å². The lowest BCUT2D eigenvalue weighted by atomic mass is 10.3. The summed E-state index contributed by atoms with van der Waals surface area (Å²) in [6, 6.07) is 8.72. The second-order valence-electron chi connectivity index (χ2n) is 4.22. The van der Waals surface area contributed by atoms with E-state index in [2.05, 4.69) is 25.6 Å². The largest absolute Gasteiger partial charge is 0.304 e. The highest BCUT2D eigenvalue weighted by atomic mass is 16.2. The Kier molecular flexibility index (Phi) is 3.00. The molecule has 3 aromatic rings. The molecular formula is C13H12N6O. The Hall–Kier alpha value is -2.96. The number of carbonyl (C=O) groups is 1. The van der Waals surface area contributed by atoms with Gasteiger partial charge < -0.3 is 5.32 Å². The van der Waals surface area contributed by atoms with E-state index < -0.39 is 0 Å². The van der Waals surface area contributed by atoms with Crippen molar-refractivity contribution in [1.29, 1.82) is 0 Å². The molecule has 3 aromatic heterocycles. The second-order valence-corrected chi connectivity index (χ2v) is 4.22. The number of aromatic amines is 1. The van der Waals surface area contributed by atoms with Gasteiger partial charge in [-0.1, -0.05) is 6.07 Å². The number of anilines is 1. The number of aryl methyl sites for hydroxylation is 1. The van der Waals surface area contributed by atoms with Gasteiger partial charge >= 0.3 is 0 Å². The molecule has 3 heterocycles. The van der Waals surface area contributed by atoms with Crippen LogP contribution in [0.1, 0.15) is 16.2 Å². The molecule has 0 aliphatic rings. The summed E-state index contributed by atoms with van der Waals surface area (Å²) in [5.74, 6) is 0.741. The summed E-state index contributed by atoms with van der Waals surface area (Å²) in [7, 11) is 0. The Labute approximate surface area is 114 Å². The van der Waals surface area contributed by atoms with Crippen LogP contribution < -0.4 is 5.32 Å². The Bertz CT molecular complexity index is 731. The van der Waals surface area contributed by atoms with Crippen LogP contribution in [0.5, 0.6) is 0 Å². The maximum atomic E-state index is 12.1. The summed E-state index contributed by atoms with van der Waals surface area (Å²) in [5.41, 5.74) is 1.18. The molecule has 1 amide bonds. The molecule has 0 aliphatic heterocycles. The Balaban J connectivity index is 1.83. The Morgan fingerprint density at radius 2 is 2.25 bits per heavy atom. The van der Waals surface area contributed by atoms with E-state index >= 15 is 0 Å². The molecule has 0 unspecified atom stereocenters. The SMILES string of the molecule is Cc1cc(NC(=O)c2cccc(-n3cccn3)n2)n[nH]1. The quantitative estimate of drug-likeness (QED) is 0.754. The minimum Gasteiger partial charge on any atom is -0.304 e. The van der Waals surface area contributed by atoms with Crippen LogP contribution in [0.2, 0.25) is 0 Å². The summed E-state index contributed by atoms with van der Waals surface area (Å²) in [5, 5.41) is 13.5. The van der Waals surface area contributed by atoms with Crippen molar-refractivity contribution in [2.75, 3.05) is 5.32 Å². The van der Waals surface area contributed by atoms with Crippen LogP contribution in [0.15, 0.2) is 42.7 Å². The maximum Gasteiger partial charge on any atom is 0.275 e. The van der Waals surface area contributed by atoms with Crippen LogP contribution >= 0.6 is 0 Å². The smallest absolute Gasteiger partial charge is 0.275 e. The summed E-state index contributed by atoms with van der Waals surface area (Å²) in [4.78, 5) is 16.4. The monoisotopic (exact) mass is 268 g/mol. The Morgan fingerprint density at radius 1 is 1.35 bits per heavy atom. The minimum atomic E-state index is -0.314. The molecule has 100 valence electrons. The molecule has 7 heteroatoms. The van der Waals surface area contributed by atoms with Gasteiger partial charge in [0.1, 0.15) is 5.69 Å². The van der Waals surface area contributed by atoms with Gasteiger partial charge in [-0.05, 0) is 25.1 Å². The molecule has 0 saturated heterocycles. The third kappa shape index (κ3) is 2.41. The predicted octanol–water partition coefficient (Wildman–Crippen LogP) is 1.55. The molecule has 0 atom stereocenters. The lowest BCUT2D eigenvalue weighted by Crippen LogP contribution is -2.15. The number of carbonyl (C=O) groups excluding carboxylic acids is 1. The third-order valence-corrected chi connectivity index (χ3v) is 2.65. The highest BCUT2D eigenvalue weighted by molar-refractivity contribution is 6.02. The van der Waals surface area contributed by atoms with E-state index in [4.69, 9.17) is 0 Å². The van der Waals surface area contributed by atoms with Crippen LogP contribution in [-0.2, 0) is 0 Å². The fourth-order valence-electron chi connectivity index (χ4n) is 1.74. The normalized spacial score (nSPS) is 10.4. The molecule has 0 aliphatic carbocycles. The van der Waals surface area contributed by atoms with E-state index in [0.717, 1.165) is 5.69 Å². The van der Waals surface area contributed by atoms with Gasteiger partial charge in [0.15, 0.2) is 11.6 Å². The predicted molar refractivity (Wildman–Crippen MR) is 72.6 cm³/mol. The fourth-order valence-corrected chi connectivity index (χ4v) is 1.74. The van der Waals surface area contributed by atoms with Crippen molar-refractivity contribution in [2.24, 2.45) is 0 Å². The van der Waals surface area contributed by atoms with Gasteiger partial charge in [0.25, 0.3) is 5.91 Å². The first-order valence-corrected chi connectivity index (χ1v) is 6.03. The van der Waals surface area contributed by atoms with Gasteiger partial charge in [0, 0.05) is 24.2 Å². The van der Waals surface area contributed by atoms with Gasteiger partial charge in [-0.2, -0.15) is 10.2 Å². The number of aromatic nitrogens is 5. The van der Waals surface area contributed by atoms with E-state index in [9.17, 15) is 4.79 Å². The van der Waals surface area contributed by atoms with E-state index in [1.165, 1.54) is 0 Å². The second kappa shape index (κ2) is 4.96. The van der Waals surface area contributed by atoms with Crippen molar-refractivity contribution in [1.82, 2.24) is 25.0 Å². The van der Waals surface area contributed by atoms with Crippen molar-refractivity contribution < 1.29 is 4.79 Å². The van der Waals surface area contributed by atoms with Crippen LogP contribution in [0, 0.1) is 6.92 Å². The zero-order valence-corrected chi connectivity index (χ0v) is 10.7. The van der Waals surface area contributed by atoms with Gasteiger partial charge in [0.05, 0.1) is 0 Å². The van der Waals surface area contributed by atoms with Gasteiger partial charge in [-0.25, -0.2) is 9.67 Å². The first-order chi connectivity index (χ1) is 9.72. The number of rotatable bonds is 3. The van der Waals surface area contributed by atoms with Crippen LogP contribution in [0.25, 0.3) is 5.82 Å². The van der Waals surface area contributed by atoms with Crippen molar-refractivity contribution in [2.45, 2.75) is 6.92 Å². The average molecular weight is 268 g/mol. The third-order valence-electron chi connectivity index (χ3n) is 2.65. The summed E-state index contributed by atoms with van der Waals surface area (Å²) < 4.78 is 1.59. The highest BCUT2D eigenvalue weighted by Gasteiger charge is 2.10. The average Bonchev–Trinajstić information content (AvgIpc) is 3.11. The summed E-state index contributed by atoms with van der Waals surface area (Å²) in [6.07, 6.45) is 3.42. The standard InChI is InChI=1S/C13H12N6O/c1-9-8-11(18-17-9)16-13(20)10-4-2-5-12(15-10)19-7-3-6-14-19/h2-8H,1H3,(H2,16,17,18,20). The zero-order valence-electron chi connectivity index (χ0n) is 10.7. The first kappa shape index (κ1) is 12.1. The molecule has 0 saturated carbocycles. The van der Waals surface area contributed by atoms with E-state index in [-0.39, 0.29) is 5.91 Å². The van der Waals surface area contributed by atoms with E-state index in [1.54, 1.807) is 47.4 Å². The molecule has 3 rings (SSSR count). The van der Waals surface area contributed by atoms with E-state index in [0.29, 0.717) is 17.3 Å². The molecule has 0 aromatic carbocycles. The minimum absolute atomic E-state index is 0.304. The van der Waals surface area contributed by atoms with Gasteiger partial charge in [-0.15, -0.1) is 0 Å². The van der Waals surface area contributed by atoms with Crippen molar-refractivity contribution >= 4 is 11.7 Å².